The zero-order valence-corrected chi connectivity index (χ0v) is 17.4. The molecule has 4 aromatic rings. The van der Waals surface area contributed by atoms with Crippen LogP contribution in [0.15, 0.2) is 64.5 Å². The van der Waals surface area contributed by atoms with E-state index in [9.17, 15) is 9.18 Å². The fourth-order valence-corrected chi connectivity index (χ4v) is 4.53. The van der Waals surface area contributed by atoms with Gasteiger partial charge in [0, 0.05) is 29.6 Å². The molecule has 0 aliphatic carbocycles. The van der Waals surface area contributed by atoms with E-state index in [0.717, 1.165) is 23.4 Å². The van der Waals surface area contributed by atoms with Crippen LogP contribution in [0.1, 0.15) is 35.1 Å². The van der Waals surface area contributed by atoms with Crippen molar-refractivity contribution in [2.45, 2.75) is 18.8 Å². The van der Waals surface area contributed by atoms with Crippen LogP contribution in [0.4, 0.5) is 4.39 Å². The van der Waals surface area contributed by atoms with Crippen LogP contribution in [0, 0.1) is 5.82 Å². The number of rotatable bonds is 4. The molecule has 1 atom stereocenters. The van der Waals surface area contributed by atoms with Gasteiger partial charge in [0.05, 0.1) is 5.92 Å². The zero-order valence-electron chi connectivity index (χ0n) is 16.6. The molecule has 1 aliphatic heterocycles. The van der Waals surface area contributed by atoms with Gasteiger partial charge < -0.3 is 9.42 Å². The highest BCUT2D eigenvalue weighted by atomic mass is 32.1. The minimum atomic E-state index is -0.314. The van der Waals surface area contributed by atoms with Gasteiger partial charge in [0.2, 0.25) is 11.7 Å². The number of thiazole rings is 1. The van der Waals surface area contributed by atoms with Crippen molar-refractivity contribution in [1.82, 2.24) is 20.0 Å². The molecule has 156 valence electrons. The molecule has 1 fully saturated rings. The van der Waals surface area contributed by atoms with E-state index in [2.05, 4.69) is 15.1 Å². The summed E-state index contributed by atoms with van der Waals surface area (Å²) in [6, 6.07) is 15.8. The summed E-state index contributed by atoms with van der Waals surface area (Å²) < 4.78 is 18.6. The molecule has 3 heterocycles. The smallest absolute Gasteiger partial charge is 0.273 e. The third kappa shape index (κ3) is 4.11. The van der Waals surface area contributed by atoms with Crippen molar-refractivity contribution >= 4 is 17.2 Å². The topological polar surface area (TPSA) is 72.1 Å². The summed E-state index contributed by atoms with van der Waals surface area (Å²) in [7, 11) is 0. The molecule has 31 heavy (non-hydrogen) atoms. The molecular formula is C23H19FN4O2S. The van der Waals surface area contributed by atoms with Gasteiger partial charge in [-0.1, -0.05) is 35.5 Å². The Morgan fingerprint density at radius 1 is 1.06 bits per heavy atom. The molecule has 0 N–H and O–H groups in total. The Balaban J connectivity index is 1.30. The monoisotopic (exact) mass is 434 g/mol. The van der Waals surface area contributed by atoms with Crippen molar-refractivity contribution in [2.24, 2.45) is 0 Å². The summed E-state index contributed by atoms with van der Waals surface area (Å²) in [5, 5.41) is 6.68. The lowest BCUT2D eigenvalue weighted by Gasteiger charge is -2.30. The summed E-state index contributed by atoms with van der Waals surface area (Å²) in [6.45, 7) is 1.18. The molecule has 0 unspecified atom stereocenters. The van der Waals surface area contributed by atoms with Crippen LogP contribution in [0.3, 0.4) is 0 Å². The lowest BCUT2D eigenvalue weighted by atomic mass is 9.97. The van der Waals surface area contributed by atoms with Gasteiger partial charge in [-0.3, -0.25) is 4.79 Å². The van der Waals surface area contributed by atoms with Gasteiger partial charge in [0.15, 0.2) is 0 Å². The first-order valence-corrected chi connectivity index (χ1v) is 10.9. The van der Waals surface area contributed by atoms with Crippen LogP contribution < -0.4 is 0 Å². The first-order chi connectivity index (χ1) is 15.2. The molecular weight excluding hydrogens is 415 g/mol. The second-order valence-corrected chi connectivity index (χ2v) is 8.32. The second-order valence-electron chi connectivity index (χ2n) is 7.46. The van der Waals surface area contributed by atoms with Crippen LogP contribution in [-0.4, -0.2) is 39.0 Å². The molecule has 0 spiro atoms. The van der Waals surface area contributed by atoms with Crippen LogP contribution in [0.25, 0.3) is 22.0 Å². The third-order valence-electron chi connectivity index (χ3n) is 5.35. The maximum atomic E-state index is 13.1. The van der Waals surface area contributed by atoms with Gasteiger partial charge in [0.1, 0.15) is 16.5 Å². The number of aromatic nitrogens is 3. The van der Waals surface area contributed by atoms with Crippen molar-refractivity contribution in [3.63, 3.8) is 0 Å². The molecule has 6 nitrogen and oxygen atoms in total. The van der Waals surface area contributed by atoms with E-state index in [1.165, 1.54) is 23.5 Å². The Morgan fingerprint density at radius 2 is 1.87 bits per heavy atom. The minimum Gasteiger partial charge on any atom is -0.339 e. The van der Waals surface area contributed by atoms with E-state index in [0.29, 0.717) is 36.1 Å². The van der Waals surface area contributed by atoms with Crippen molar-refractivity contribution < 1.29 is 13.7 Å². The number of likely N-dealkylation sites (tertiary alicyclic amines) is 1. The summed E-state index contributed by atoms with van der Waals surface area (Å²) in [4.78, 5) is 23.9. The molecule has 1 amide bonds. The Hall–Kier alpha value is -3.39. The number of benzene rings is 2. The molecule has 0 bridgehead atoms. The highest BCUT2D eigenvalue weighted by Crippen LogP contribution is 2.29. The molecule has 5 rings (SSSR count). The first-order valence-electron chi connectivity index (χ1n) is 10.1. The van der Waals surface area contributed by atoms with Crippen LogP contribution in [-0.2, 0) is 0 Å². The predicted molar refractivity (Wildman–Crippen MR) is 115 cm³/mol. The molecule has 0 radical (unpaired) electrons. The molecule has 8 heteroatoms. The van der Waals surface area contributed by atoms with Crippen LogP contribution in [0.2, 0.25) is 0 Å². The maximum absolute atomic E-state index is 13.1. The SMILES string of the molecule is O=C(c1csc(-c2ccccc2)n1)N1CCC[C@H](c2nc(-c3ccc(F)cc3)no2)C1. The largest absolute Gasteiger partial charge is 0.339 e. The Labute approximate surface area is 182 Å². The van der Waals surface area contributed by atoms with Gasteiger partial charge in [-0.2, -0.15) is 4.98 Å². The van der Waals surface area contributed by atoms with Gasteiger partial charge in [-0.05, 0) is 37.1 Å². The standard InChI is InChI=1S/C23H19FN4O2S/c24-18-10-8-15(9-11-18)20-26-21(30-27-20)17-7-4-12-28(13-17)23(29)19-14-31-22(25-19)16-5-2-1-3-6-16/h1-3,5-6,8-11,14,17H,4,7,12-13H2/t17-/m0/s1. The highest BCUT2D eigenvalue weighted by Gasteiger charge is 2.30. The van der Waals surface area contributed by atoms with Crippen molar-refractivity contribution in [3.8, 4) is 22.0 Å². The molecule has 1 saturated heterocycles. The fourth-order valence-electron chi connectivity index (χ4n) is 3.73. The van der Waals surface area contributed by atoms with Crippen molar-refractivity contribution in [1.29, 1.82) is 0 Å². The first kappa shape index (κ1) is 19.6. The number of carbonyl (C=O) groups is 1. The Kier molecular flexibility index (Phi) is 5.30. The van der Waals surface area contributed by atoms with Gasteiger partial charge >= 0.3 is 0 Å². The lowest BCUT2D eigenvalue weighted by Crippen LogP contribution is -2.39. The number of hydrogen-bond acceptors (Lipinski definition) is 6. The summed E-state index contributed by atoms with van der Waals surface area (Å²) >= 11 is 1.47. The number of amides is 1. The van der Waals surface area contributed by atoms with E-state index < -0.39 is 0 Å². The molecule has 1 aliphatic rings. The van der Waals surface area contributed by atoms with Gasteiger partial charge in [0.25, 0.3) is 5.91 Å². The molecule has 2 aromatic heterocycles. The average Bonchev–Trinajstić information content (AvgIpc) is 3.50. The predicted octanol–water partition coefficient (Wildman–Crippen LogP) is 5.02. The van der Waals surface area contributed by atoms with E-state index in [-0.39, 0.29) is 17.6 Å². The number of halogens is 1. The normalized spacial score (nSPS) is 16.4. The Bertz CT molecular complexity index is 1190. The van der Waals surface area contributed by atoms with Gasteiger partial charge in [-0.15, -0.1) is 11.3 Å². The number of hydrogen-bond donors (Lipinski definition) is 0. The number of piperidine rings is 1. The van der Waals surface area contributed by atoms with E-state index in [1.807, 2.05) is 35.7 Å². The number of carbonyl (C=O) groups excluding carboxylic acids is 1. The fraction of sp³-hybridized carbons (Fsp3) is 0.217. The lowest BCUT2D eigenvalue weighted by molar-refractivity contribution is 0.0690. The van der Waals surface area contributed by atoms with Gasteiger partial charge in [-0.25, -0.2) is 9.37 Å². The highest BCUT2D eigenvalue weighted by molar-refractivity contribution is 7.13. The van der Waals surface area contributed by atoms with E-state index >= 15 is 0 Å². The average molecular weight is 434 g/mol. The third-order valence-corrected chi connectivity index (χ3v) is 6.24. The summed E-state index contributed by atoms with van der Waals surface area (Å²) in [5.74, 6) is 0.491. The van der Waals surface area contributed by atoms with Crippen LogP contribution in [0.5, 0.6) is 0 Å². The minimum absolute atomic E-state index is 0.0355. The molecule has 0 saturated carbocycles. The van der Waals surface area contributed by atoms with Crippen molar-refractivity contribution in [3.05, 3.63) is 77.4 Å². The van der Waals surface area contributed by atoms with Crippen molar-refractivity contribution in [2.75, 3.05) is 13.1 Å². The molecule has 2 aromatic carbocycles. The summed E-state index contributed by atoms with van der Waals surface area (Å²) in [6.07, 6.45) is 1.71. The van der Waals surface area contributed by atoms with E-state index in [4.69, 9.17) is 4.52 Å². The van der Waals surface area contributed by atoms with E-state index in [1.54, 1.807) is 17.0 Å². The zero-order chi connectivity index (χ0) is 21.2. The summed E-state index contributed by atoms with van der Waals surface area (Å²) in [5.41, 5.74) is 2.15. The Morgan fingerprint density at radius 3 is 2.68 bits per heavy atom. The maximum Gasteiger partial charge on any atom is 0.273 e. The quantitative estimate of drug-likeness (QED) is 0.451. The number of nitrogens with zero attached hydrogens (tertiary/aromatic N) is 4. The van der Waals surface area contributed by atoms with Crippen LogP contribution >= 0.6 is 11.3 Å². The second kappa shape index (κ2) is 8.39.